The number of hydrogen-bond donors (Lipinski definition) is 0. The van der Waals surface area contributed by atoms with Crippen LogP contribution < -0.4 is 9.47 Å². The molecule has 0 amide bonds. The maximum atomic E-state index is 6.57. The number of methoxy groups -OCH3 is 2. The number of alkyl halides is 1. The summed E-state index contributed by atoms with van der Waals surface area (Å²) in [6, 6.07) is 11.3. The molecule has 0 aliphatic heterocycles. The number of ether oxygens (including phenoxy) is 2. The summed E-state index contributed by atoms with van der Waals surface area (Å²) in [6.45, 7) is 0. The zero-order chi connectivity index (χ0) is 14.7. The second kappa shape index (κ2) is 6.87. The molecule has 0 saturated heterocycles. The van der Waals surface area contributed by atoms with Crippen LogP contribution in [-0.4, -0.2) is 14.2 Å². The fourth-order valence-electron chi connectivity index (χ4n) is 1.89. The smallest absolute Gasteiger partial charge is 0.124 e. The van der Waals surface area contributed by atoms with Crippen molar-refractivity contribution in [3.05, 3.63) is 56.1 Å². The molecule has 0 bridgehead atoms. The van der Waals surface area contributed by atoms with Crippen molar-refractivity contribution in [2.24, 2.45) is 0 Å². The van der Waals surface area contributed by atoms with Crippen molar-refractivity contribution in [3.63, 3.8) is 0 Å². The third-order valence-electron chi connectivity index (χ3n) is 2.95. The Morgan fingerprint density at radius 2 is 1.80 bits per heavy atom. The van der Waals surface area contributed by atoms with E-state index in [9.17, 15) is 0 Å². The van der Waals surface area contributed by atoms with E-state index in [1.807, 2.05) is 36.4 Å². The normalized spacial score (nSPS) is 12.1. The van der Waals surface area contributed by atoms with Gasteiger partial charge in [0.2, 0.25) is 0 Å². The van der Waals surface area contributed by atoms with Gasteiger partial charge >= 0.3 is 0 Å². The maximum absolute atomic E-state index is 6.57. The van der Waals surface area contributed by atoms with Crippen LogP contribution >= 0.6 is 45.8 Å². The first kappa shape index (κ1) is 15.7. The first-order valence-electron chi connectivity index (χ1n) is 5.87. The van der Waals surface area contributed by atoms with Crippen molar-refractivity contribution in [3.8, 4) is 11.5 Å². The molecule has 1 atom stereocenters. The molecular weight excluding hydrogens is 410 g/mol. The average Bonchev–Trinajstić information content (AvgIpc) is 2.48. The second-order valence-electron chi connectivity index (χ2n) is 4.14. The fourth-order valence-corrected chi connectivity index (χ4v) is 2.72. The van der Waals surface area contributed by atoms with Crippen LogP contribution in [-0.2, 0) is 0 Å². The van der Waals surface area contributed by atoms with Crippen LogP contribution in [0.4, 0.5) is 0 Å². The number of halogens is 3. The molecule has 0 fully saturated rings. The van der Waals surface area contributed by atoms with Gasteiger partial charge in [-0.2, -0.15) is 0 Å². The molecule has 0 saturated carbocycles. The Bertz CT molecular complexity index is 617. The molecule has 0 heterocycles. The molecule has 2 nitrogen and oxygen atoms in total. The molecule has 0 aromatic heterocycles. The summed E-state index contributed by atoms with van der Waals surface area (Å²) in [4.78, 5) is 0. The maximum Gasteiger partial charge on any atom is 0.124 e. The minimum absolute atomic E-state index is 0.352. The summed E-state index contributed by atoms with van der Waals surface area (Å²) in [5.41, 5.74) is 1.77. The van der Waals surface area contributed by atoms with Crippen LogP contribution in [0.15, 0.2) is 36.4 Å². The third-order valence-corrected chi connectivity index (χ3v) is 5.01. The molecule has 2 aromatic rings. The molecule has 0 spiro atoms. The van der Waals surface area contributed by atoms with Gasteiger partial charge in [-0.05, 0) is 58.5 Å². The summed E-state index contributed by atoms with van der Waals surface area (Å²) >= 11 is 14.9. The average molecular weight is 423 g/mol. The van der Waals surface area contributed by atoms with Gasteiger partial charge in [-0.1, -0.05) is 17.7 Å². The highest BCUT2D eigenvalue weighted by Crippen LogP contribution is 2.38. The highest BCUT2D eigenvalue weighted by Gasteiger charge is 2.17. The lowest BCUT2D eigenvalue weighted by Gasteiger charge is -2.16. The first-order chi connectivity index (χ1) is 9.56. The SMILES string of the molecule is COc1ccc(OC)c(C(Cl)c2ccc(I)c(Cl)c2)c1. The van der Waals surface area contributed by atoms with Crippen molar-refractivity contribution < 1.29 is 9.47 Å². The molecule has 0 aliphatic rings. The van der Waals surface area contributed by atoms with Crippen LogP contribution in [0.2, 0.25) is 5.02 Å². The van der Waals surface area contributed by atoms with Gasteiger partial charge in [0, 0.05) is 9.13 Å². The lowest BCUT2D eigenvalue weighted by molar-refractivity contribution is 0.399. The molecule has 20 heavy (non-hydrogen) atoms. The highest BCUT2D eigenvalue weighted by atomic mass is 127. The van der Waals surface area contributed by atoms with Gasteiger partial charge in [0.05, 0.1) is 24.6 Å². The minimum atomic E-state index is -0.352. The highest BCUT2D eigenvalue weighted by molar-refractivity contribution is 14.1. The fraction of sp³-hybridized carbons (Fsp3) is 0.200. The van der Waals surface area contributed by atoms with E-state index in [0.29, 0.717) is 5.02 Å². The van der Waals surface area contributed by atoms with Gasteiger partial charge in [0.15, 0.2) is 0 Å². The van der Waals surface area contributed by atoms with E-state index in [1.54, 1.807) is 14.2 Å². The summed E-state index contributed by atoms with van der Waals surface area (Å²) in [7, 11) is 3.24. The summed E-state index contributed by atoms with van der Waals surface area (Å²) in [6.07, 6.45) is 0. The van der Waals surface area contributed by atoms with Crippen molar-refractivity contribution in [2.45, 2.75) is 5.38 Å². The zero-order valence-corrected chi connectivity index (χ0v) is 14.7. The molecule has 1 unspecified atom stereocenters. The van der Waals surface area contributed by atoms with Gasteiger partial charge in [-0.25, -0.2) is 0 Å². The van der Waals surface area contributed by atoms with Crippen molar-refractivity contribution in [1.82, 2.24) is 0 Å². The lowest BCUT2D eigenvalue weighted by atomic mass is 10.0. The van der Waals surface area contributed by atoms with Crippen LogP contribution in [0.1, 0.15) is 16.5 Å². The van der Waals surface area contributed by atoms with Crippen LogP contribution in [0.3, 0.4) is 0 Å². The Morgan fingerprint density at radius 3 is 2.40 bits per heavy atom. The van der Waals surface area contributed by atoms with E-state index in [1.165, 1.54) is 0 Å². The predicted molar refractivity (Wildman–Crippen MR) is 91.4 cm³/mol. The van der Waals surface area contributed by atoms with Gasteiger partial charge in [0.1, 0.15) is 11.5 Å². The minimum Gasteiger partial charge on any atom is -0.497 e. The van der Waals surface area contributed by atoms with Crippen molar-refractivity contribution in [2.75, 3.05) is 14.2 Å². The van der Waals surface area contributed by atoms with Crippen LogP contribution in [0.25, 0.3) is 0 Å². The van der Waals surface area contributed by atoms with Crippen molar-refractivity contribution in [1.29, 1.82) is 0 Å². The summed E-state index contributed by atoms with van der Waals surface area (Å²) in [5.74, 6) is 1.46. The van der Waals surface area contributed by atoms with E-state index in [0.717, 1.165) is 26.2 Å². The molecule has 0 N–H and O–H groups in total. The van der Waals surface area contributed by atoms with Gasteiger partial charge in [-0.3, -0.25) is 0 Å². The second-order valence-corrected chi connectivity index (χ2v) is 6.15. The van der Waals surface area contributed by atoms with Crippen LogP contribution in [0, 0.1) is 3.57 Å². The summed E-state index contributed by atoms with van der Waals surface area (Å²) < 4.78 is 11.6. The summed E-state index contributed by atoms with van der Waals surface area (Å²) in [5, 5.41) is 0.338. The van der Waals surface area contributed by atoms with E-state index >= 15 is 0 Å². The van der Waals surface area contributed by atoms with Gasteiger partial charge < -0.3 is 9.47 Å². The zero-order valence-electron chi connectivity index (χ0n) is 11.0. The largest absolute Gasteiger partial charge is 0.497 e. The molecule has 0 radical (unpaired) electrons. The van der Waals surface area contributed by atoms with Gasteiger partial charge in [-0.15, -0.1) is 11.6 Å². The molecular formula is C15H13Cl2IO2. The van der Waals surface area contributed by atoms with Crippen molar-refractivity contribution >= 4 is 45.8 Å². The van der Waals surface area contributed by atoms with E-state index in [2.05, 4.69) is 22.6 Å². The molecule has 2 aromatic carbocycles. The third kappa shape index (κ3) is 3.32. The van der Waals surface area contributed by atoms with Crippen LogP contribution in [0.5, 0.6) is 11.5 Å². The van der Waals surface area contributed by atoms with E-state index in [-0.39, 0.29) is 5.38 Å². The Balaban J connectivity index is 2.45. The molecule has 0 aliphatic carbocycles. The standard InChI is InChI=1S/C15H13Cl2IO2/c1-19-10-4-6-14(20-2)11(8-10)15(17)9-3-5-13(18)12(16)7-9/h3-8,15H,1-2H3. The Hall–Kier alpha value is -0.650. The Labute approximate surface area is 142 Å². The molecule has 106 valence electrons. The number of hydrogen-bond acceptors (Lipinski definition) is 2. The van der Waals surface area contributed by atoms with E-state index < -0.39 is 0 Å². The Morgan fingerprint density at radius 1 is 1.05 bits per heavy atom. The molecule has 5 heteroatoms. The first-order valence-corrected chi connectivity index (χ1v) is 7.77. The van der Waals surface area contributed by atoms with Gasteiger partial charge in [0.25, 0.3) is 0 Å². The Kier molecular flexibility index (Phi) is 5.41. The number of benzene rings is 2. The number of rotatable bonds is 4. The monoisotopic (exact) mass is 422 g/mol. The topological polar surface area (TPSA) is 18.5 Å². The quantitative estimate of drug-likeness (QED) is 0.492. The molecule has 2 rings (SSSR count). The predicted octanol–water partition coefficient (Wildman–Crippen LogP) is 5.29. The lowest BCUT2D eigenvalue weighted by Crippen LogP contribution is -1.99. The van der Waals surface area contributed by atoms with E-state index in [4.69, 9.17) is 32.7 Å².